The molecule has 1 unspecified atom stereocenters. The average molecular weight is 259 g/mol. The van der Waals surface area contributed by atoms with Gasteiger partial charge in [-0.3, -0.25) is 5.43 Å². The molecule has 0 aliphatic carbocycles. The predicted molar refractivity (Wildman–Crippen MR) is 67.5 cm³/mol. The van der Waals surface area contributed by atoms with Gasteiger partial charge in [0.25, 0.3) is 0 Å². The summed E-state index contributed by atoms with van der Waals surface area (Å²) in [5.41, 5.74) is 1.41. The van der Waals surface area contributed by atoms with E-state index in [-0.39, 0.29) is 6.54 Å². The molecule has 1 heterocycles. The number of para-hydroxylation sites is 1. The van der Waals surface area contributed by atoms with Crippen LogP contribution < -0.4 is 10.2 Å². The normalized spacial score (nSPS) is 20.3. The van der Waals surface area contributed by atoms with Gasteiger partial charge < -0.3 is 9.84 Å². The summed E-state index contributed by atoms with van der Waals surface area (Å²) in [4.78, 5) is 11.3. The molecule has 1 aromatic carbocycles. The van der Waals surface area contributed by atoms with Crippen molar-refractivity contribution in [3.8, 4) is 17.6 Å². The van der Waals surface area contributed by atoms with Gasteiger partial charge in [0.1, 0.15) is 12.3 Å². The van der Waals surface area contributed by atoms with Crippen LogP contribution in [0.25, 0.3) is 0 Å². The molecule has 1 aliphatic rings. The molecule has 1 aliphatic heterocycles. The highest BCUT2D eigenvalue weighted by Crippen LogP contribution is 2.25. The Bertz CT molecular complexity index is 574. The minimum absolute atomic E-state index is 0.0160. The van der Waals surface area contributed by atoms with E-state index in [1.54, 1.807) is 18.2 Å². The van der Waals surface area contributed by atoms with E-state index in [0.717, 1.165) is 0 Å². The van der Waals surface area contributed by atoms with Crippen LogP contribution in [0.3, 0.4) is 0 Å². The molecule has 6 nitrogen and oxygen atoms in total. The fourth-order valence-corrected chi connectivity index (χ4v) is 1.54. The molecule has 98 valence electrons. The topological polar surface area (TPSA) is 83.3 Å². The fourth-order valence-electron chi connectivity index (χ4n) is 1.54. The Balaban J connectivity index is 2.32. The lowest BCUT2D eigenvalue weighted by Gasteiger charge is -2.20. The summed E-state index contributed by atoms with van der Waals surface area (Å²) in [6, 6.07) is 7.00. The number of hydrogen-bond donors (Lipinski definition) is 2. The Labute approximate surface area is 110 Å². The first kappa shape index (κ1) is 12.9. The molecule has 1 aromatic rings. The number of hydrogen-bond acceptors (Lipinski definition) is 5. The molecule has 6 heteroatoms. The van der Waals surface area contributed by atoms with Crippen LogP contribution in [0.2, 0.25) is 0 Å². The monoisotopic (exact) mass is 259 g/mol. The molecule has 1 atom stereocenters. The summed E-state index contributed by atoms with van der Waals surface area (Å²) in [5.74, 6) is 5.04. The lowest BCUT2D eigenvalue weighted by molar-refractivity contribution is -0.153. The SMILES string of the molecule is CCC#Cc1ccccc1OC1(C(=O)O)CNN=N1. The number of nitrogens with zero attached hydrogens (tertiary/aromatic N) is 2. The standard InChI is InChI=1S/C13H13N3O3/c1-2-3-6-10-7-4-5-8-11(10)19-13(12(17)18)9-14-16-15-13/h4-5,7-8H,2,9H2,1H3,(H,14,15)(H,17,18). The Hall–Kier alpha value is -2.55. The van der Waals surface area contributed by atoms with Gasteiger partial charge in [0.15, 0.2) is 0 Å². The quantitative estimate of drug-likeness (QED) is 0.807. The Morgan fingerprint density at radius 2 is 2.37 bits per heavy atom. The third kappa shape index (κ3) is 2.65. The first-order chi connectivity index (χ1) is 9.18. The molecule has 0 aromatic heterocycles. The first-order valence-corrected chi connectivity index (χ1v) is 5.83. The fraction of sp³-hybridized carbons (Fsp3) is 0.308. The lowest BCUT2D eigenvalue weighted by Crippen LogP contribution is -2.46. The smallest absolute Gasteiger partial charge is 0.375 e. The van der Waals surface area contributed by atoms with Crippen molar-refractivity contribution in [1.29, 1.82) is 0 Å². The summed E-state index contributed by atoms with van der Waals surface area (Å²) in [5, 5.41) is 16.3. The lowest BCUT2D eigenvalue weighted by atomic mass is 10.2. The van der Waals surface area contributed by atoms with Gasteiger partial charge in [0.2, 0.25) is 0 Å². The maximum absolute atomic E-state index is 11.3. The number of nitrogens with one attached hydrogen (secondary N) is 1. The molecule has 0 fully saturated rings. The van der Waals surface area contributed by atoms with E-state index in [1.165, 1.54) is 0 Å². The highest BCUT2D eigenvalue weighted by molar-refractivity contribution is 5.78. The van der Waals surface area contributed by atoms with Gasteiger partial charge in [-0.15, -0.1) is 5.11 Å². The summed E-state index contributed by atoms with van der Waals surface area (Å²) in [7, 11) is 0. The maximum Gasteiger partial charge on any atom is 0.375 e. The zero-order chi connectivity index (χ0) is 13.7. The van der Waals surface area contributed by atoms with Crippen molar-refractivity contribution in [2.45, 2.75) is 19.1 Å². The van der Waals surface area contributed by atoms with Crippen molar-refractivity contribution in [1.82, 2.24) is 5.43 Å². The van der Waals surface area contributed by atoms with Crippen LogP contribution in [-0.2, 0) is 4.79 Å². The zero-order valence-electron chi connectivity index (χ0n) is 10.4. The van der Waals surface area contributed by atoms with Crippen molar-refractivity contribution in [3.05, 3.63) is 29.8 Å². The highest BCUT2D eigenvalue weighted by Gasteiger charge is 2.45. The summed E-state index contributed by atoms with van der Waals surface area (Å²) in [6.45, 7) is 1.92. The molecule has 0 bridgehead atoms. The number of aliphatic carboxylic acids is 1. The largest absolute Gasteiger partial charge is 0.477 e. The second-order valence-corrected chi connectivity index (χ2v) is 3.88. The average Bonchev–Trinajstić information content (AvgIpc) is 2.88. The second-order valence-electron chi connectivity index (χ2n) is 3.88. The molecule has 19 heavy (non-hydrogen) atoms. The van der Waals surface area contributed by atoms with Gasteiger partial charge in [-0.1, -0.05) is 36.1 Å². The first-order valence-electron chi connectivity index (χ1n) is 5.83. The Morgan fingerprint density at radius 3 is 3.00 bits per heavy atom. The van der Waals surface area contributed by atoms with Crippen LogP contribution in [0, 0.1) is 11.8 Å². The van der Waals surface area contributed by atoms with Crippen molar-refractivity contribution < 1.29 is 14.6 Å². The minimum Gasteiger partial charge on any atom is -0.477 e. The van der Waals surface area contributed by atoms with E-state index >= 15 is 0 Å². The molecule has 2 N–H and O–H groups in total. The van der Waals surface area contributed by atoms with Crippen LogP contribution in [0.4, 0.5) is 0 Å². The number of ether oxygens (including phenoxy) is 1. The van der Waals surface area contributed by atoms with Crippen molar-refractivity contribution >= 4 is 5.97 Å². The van der Waals surface area contributed by atoms with E-state index in [1.807, 2.05) is 13.0 Å². The van der Waals surface area contributed by atoms with Gasteiger partial charge in [0.05, 0.1) is 5.56 Å². The molecule has 0 radical (unpaired) electrons. The van der Waals surface area contributed by atoms with E-state index in [2.05, 4.69) is 27.6 Å². The predicted octanol–water partition coefficient (Wildman–Crippen LogP) is 1.58. The summed E-state index contributed by atoms with van der Waals surface area (Å²) in [6.07, 6.45) is 0.708. The van der Waals surface area contributed by atoms with Gasteiger partial charge >= 0.3 is 11.7 Å². The van der Waals surface area contributed by atoms with Gasteiger partial charge in [-0.05, 0) is 12.1 Å². The number of carboxylic acid groups (broad SMARTS) is 1. The number of benzene rings is 1. The molecule has 0 saturated heterocycles. The Kier molecular flexibility index (Phi) is 3.66. The Morgan fingerprint density at radius 1 is 1.58 bits per heavy atom. The molecule has 0 saturated carbocycles. The molecule has 0 spiro atoms. The van der Waals surface area contributed by atoms with Crippen molar-refractivity contribution in [2.75, 3.05) is 6.54 Å². The van der Waals surface area contributed by atoms with Gasteiger partial charge in [-0.2, -0.15) is 0 Å². The van der Waals surface area contributed by atoms with E-state index < -0.39 is 11.7 Å². The van der Waals surface area contributed by atoms with Crippen LogP contribution >= 0.6 is 0 Å². The van der Waals surface area contributed by atoms with Crippen LogP contribution in [0.1, 0.15) is 18.9 Å². The van der Waals surface area contributed by atoms with E-state index in [9.17, 15) is 9.90 Å². The van der Waals surface area contributed by atoms with Crippen molar-refractivity contribution in [3.63, 3.8) is 0 Å². The maximum atomic E-state index is 11.3. The second kappa shape index (κ2) is 5.40. The van der Waals surface area contributed by atoms with Crippen LogP contribution in [0.5, 0.6) is 5.75 Å². The summed E-state index contributed by atoms with van der Waals surface area (Å²) < 4.78 is 5.53. The number of carboxylic acids is 1. The zero-order valence-corrected chi connectivity index (χ0v) is 10.4. The summed E-state index contributed by atoms with van der Waals surface area (Å²) >= 11 is 0. The van der Waals surface area contributed by atoms with E-state index in [0.29, 0.717) is 17.7 Å². The minimum atomic E-state index is -1.72. The number of carbonyl (C=O) groups is 1. The van der Waals surface area contributed by atoms with Gasteiger partial charge in [-0.25, -0.2) is 4.79 Å². The van der Waals surface area contributed by atoms with Crippen molar-refractivity contribution in [2.24, 2.45) is 10.3 Å². The van der Waals surface area contributed by atoms with Crippen LogP contribution in [0.15, 0.2) is 34.6 Å². The highest BCUT2D eigenvalue weighted by atomic mass is 16.5. The van der Waals surface area contributed by atoms with Crippen LogP contribution in [-0.4, -0.2) is 23.3 Å². The number of rotatable bonds is 3. The third-order valence-corrected chi connectivity index (χ3v) is 2.50. The third-order valence-electron chi connectivity index (χ3n) is 2.50. The van der Waals surface area contributed by atoms with E-state index in [4.69, 9.17) is 4.74 Å². The molecule has 2 rings (SSSR count). The molecular formula is C13H13N3O3. The van der Waals surface area contributed by atoms with Gasteiger partial charge in [0, 0.05) is 6.42 Å². The molecule has 0 amide bonds. The molecular weight excluding hydrogens is 246 g/mol.